The van der Waals surface area contributed by atoms with Crippen LogP contribution in [0.2, 0.25) is 0 Å². The number of hydrogen-bond donors (Lipinski definition) is 0. The Morgan fingerprint density at radius 3 is 2.47 bits per heavy atom. The number of rotatable bonds is 2. The van der Waals surface area contributed by atoms with Gasteiger partial charge in [-0.3, -0.25) is 4.79 Å². The first-order valence-corrected chi connectivity index (χ1v) is 5.42. The molecule has 0 bridgehead atoms. The van der Waals surface area contributed by atoms with Crippen LogP contribution in [-0.4, -0.2) is 24.0 Å². The molecule has 0 spiro atoms. The van der Waals surface area contributed by atoms with E-state index in [2.05, 4.69) is 0 Å². The van der Waals surface area contributed by atoms with Crippen molar-refractivity contribution in [3.63, 3.8) is 0 Å². The highest BCUT2D eigenvalue weighted by atomic mass is 19.4. The summed E-state index contributed by atoms with van der Waals surface area (Å²) in [6.45, 7) is 1.73. The van der Waals surface area contributed by atoms with Crippen LogP contribution in [0.5, 0.6) is 5.75 Å². The number of carbonyl (C=O) groups is 1. The standard InChI is InChI=1S/C12H9F5O2/c1-6-4-8-5-7(2-3-9(8)19-6)10(18)11(13,14)12(15,16)17/h2-3,5-6H,4H2,1H3. The minimum absolute atomic E-state index is 0.191. The van der Waals surface area contributed by atoms with E-state index < -0.39 is 23.4 Å². The largest absolute Gasteiger partial charge is 0.490 e. The number of Topliss-reactive ketones (excluding diaryl/α,β-unsaturated/α-hetero) is 1. The summed E-state index contributed by atoms with van der Waals surface area (Å²) in [6, 6.07) is 3.18. The Balaban J connectivity index is 2.34. The van der Waals surface area contributed by atoms with Gasteiger partial charge in [-0.25, -0.2) is 0 Å². The molecule has 1 aromatic carbocycles. The van der Waals surface area contributed by atoms with Crippen LogP contribution in [0, 0.1) is 0 Å². The third-order valence-electron chi connectivity index (χ3n) is 2.80. The lowest BCUT2D eigenvalue weighted by Gasteiger charge is -2.18. The van der Waals surface area contributed by atoms with Gasteiger partial charge in [0.15, 0.2) is 0 Å². The number of carbonyl (C=O) groups excluding carboxylic acids is 1. The van der Waals surface area contributed by atoms with E-state index in [-0.39, 0.29) is 6.10 Å². The average Bonchev–Trinajstić information content (AvgIpc) is 2.65. The lowest BCUT2D eigenvalue weighted by molar-refractivity contribution is -0.255. The van der Waals surface area contributed by atoms with Gasteiger partial charge in [0.25, 0.3) is 0 Å². The van der Waals surface area contributed by atoms with Crippen molar-refractivity contribution in [2.75, 3.05) is 0 Å². The maximum atomic E-state index is 12.9. The van der Waals surface area contributed by atoms with Crippen LogP contribution >= 0.6 is 0 Å². The molecule has 0 fully saturated rings. The third kappa shape index (κ3) is 2.29. The highest BCUT2D eigenvalue weighted by molar-refractivity contribution is 6.02. The van der Waals surface area contributed by atoms with Crippen LogP contribution in [0.1, 0.15) is 22.8 Å². The van der Waals surface area contributed by atoms with Crippen molar-refractivity contribution in [3.05, 3.63) is 29.3 Å². The molecule has 2 nitrogen and oxygen atoms in total. The Morgan fingerprint density at radius 2 is 1.89 bits per heavy atom. The van der Waals surface area contributed by atoms with Crippen LogP contribution in [0.3, 0.4) is 0 Å². The van der Waals surface area contributed by atoms with Gasteiger partial charge in [0.05, 0.1) is 0 Å². The Morgan fingerprint density at radius 1 is 1.26 bits per heavy atom. The maximum Gasteiger partial charge on any atom is 0.461 e. The fourth-order valence-electron chi connectivity index (χ4n) is 1.87. The second kappa shape index (κ2) is 4.18. The quantitative estimate of drug-likeness (QED) is 0.613. The number of ether oxygens (including phenoxy) is 1. The van der Waals surface area contributed by atoms with E-state index in [1.54, 1.807) is 6.92 Å². The minimum Gasteiger partial charge on any atom is -0.490 e. The molecule has 0 N–H and O–H groups in total. The first kappa shape index (κ1) is 13.8. The number of hydrogen-bond acceptors (Lipinski definition) is 2. The summed E-state index contributed by atoms with van der Waals surface area (Å²) in [5, 5.41) is 0. The molecule has 104 valence electrons. The van der Waals surface area contributed by atoms with E-state index in [0.717, 1.165) is 12.1 Å². The van der Waals surface area contributed by atoms with Gasteiger partial charge in [0, 0.05) is 12.0 Å². The first-order valence-electron chi connectivity index (χ1n) is 5.42. The molecule has 7 heteroatoms. The minimum atomic E-state index is -5.90. The third-order valence-corrected chi connectivity index (χ3v) is 2.80. The van der Waals surface area contributed by atoms with Crippen LogP contribution in [-0.2, 0) is 6.42 Å². The molecule has 0 aromatic heterocycles. The number of fused-ring (bicyclic) bond motifs is 1. The Kier molecular flexibility index (Phi) is 3.03. The summed E-state index contributed by atoms with van der Waals surface area (Å²) in [7, 11) is 0. The molecular weight excluding hydrogens is 271 g/mol. The SMILES string of the molecule is CC1Cc2cc(C(=O)C(F)(F)C(F)(F)F)ccc2O1. The second-order valence-electron chi connectivity index (χ2n) is 4.36. The van der Waals surface area contributed by atoms with Gasteiger partial charge >= 0.3 is 12.1 Å². The molecule has 1 unspecified atom stereocenters. The van der Waals surface area contributed by atoms with E-state index in [0.29, 0.717) is 17.7 Å². The molecular formula is C12H9F5O2. The highest BCUT2D eigenvalue weighted by Gasteiger charge is 2.63. The molecule has 1 aliphatic rings. The summed E-state index contributed by atoms with van der Waals surface area (Å²) in [5.74, 6) is -7.23. The van der Waals surface area contributed by atoms with E-state index in [1.165, 1.54) is 6.07 Å². The van der Waals surface area contributed by atoms with Crippen molar-refractivity contribution in [2.24, 2.45) is 0 Å². The normalized spacial score (nSPS) is 18.9. The van der Waals surface area contributed by atoms with E-state index in [1.807, 2.05) is 0 Å². The summed E-state index contributed by atoms with van der Waals surface area (Å²) < 4.78 is 67.5. The van der Waals surface area contributed by atoms with E-state index in [9.17, 15) is 26.7 Å². The summed E-state index contributed by atoms with van der Waals surface area (Å²) in [5.41, 5.74) is -0.213. The maximum absolute atomic E-state index is 12.9. The van der Waals surface area contributed by atoms with Crippen molar-refractivity contribution >= 4 is 5.78 Å². The zero-order valence-electron chi connectivity index (χ0n) is 9.72. The lowest BCUT2D eigenvalue weighted by atomic mass is 10.0. The van der Waals surface area contributed by atoms with Gasteiger partial charge in [-0.1, -0.05) is 0 Å². The summed E-state index contributed by atoms with van der Waals surface area (Å²) in [6.07, 6.45) is -5.72. The van der Waals surface area contributed by atoms with Gasteiger partial charge in [0.1, 0.15) is 11.9 Å². The zero-order chi connectivity index (χ0) is 14.4. The topological polar surface area (TPSA) is 26.3 Å². The van der Waals surface area contributed by atoms with Crippen LogP contribution in [0.25, 0.3) is 0 Å². The predicted octanol–water partition coefficient (Wildman–Crippen LogP) is 3.39. The summed E-state index contributed by atoms with van der Waals surface area (Å²) >= 11 is 0. The number of alkyl halides is 5. The van der Waals surface area contributed by atoms with Gasteiger partial charge in [-0.05, 0) is 30.7 Å². The van der Waals surface area contributed by atoms with E-state index >= 15 is 0 Å². The van der Waals surface area contributed by atoms with Crippen molar-refractivity contribution in [3.8, 4) is 5.75 Å². The van der Waals surface area contributed by atoms with E-state index in [4.69, 9.17) is 4.74 Å². The predicted molar refractivity (Wildman–Crippen MR) is 55.6 cm³/mol. The lowest BCUT2D eigenvalue weighted by Crippen LogP contribution is -2.44. The Bertz CT molecular complexity index is 521. The van der Waals surface area contributed by atoms with Gasteiger partial charge in [0.2, 0.25) is 5.78 Å². The van der Waals surface area contributed by atoms with Crippen molar-refractivity contribution in [2.45, 2.75) is 31.5 Å². The fourth-order valence-corrected chi connectivity index (χ4v) is 1.87. The first-order chi connectivity index (χ1) is 8.63. The van der Waals surface area contributed by atoms with Gasteiger partial charge in [-0.2, -0.15) is 22.0 Å². The molecule has 0 saturated carbocycles. The molecule has 0 aliphatic carbocycles. The number of benzene rings is 1. The Hall–Kier alpha value is -1.66. The van der Waals surface area contributed by atoms with Gasteiger partial charge < -0.3 is 4.74 Å². The average molecular weight is 280 g/mol. The summed E-state index contributed by atoms with van der Waals surface area (Å²) in [4.78, 5) is 11.3. The fraction of sp³-hybridized carbons (Fsp3) is 0.417. The van der Waals surface area contributed by atoms with Crippen LogP contribution in [0.15, 0.2) is 18.2 Å². The van der Waals surface area contributed by atoms with Gasteiger partial charge in [-0.15, -0.1) is 0 Å². The van der Waals surface area contributed by atoms with Crippen LogP contribution < -0.4 is 4.74 Å². The molecule has 2 rings (SSSR count). The molecule has 0 saturated heterocycles. The molecule has 1 aromatic rings. The zero-order valence-corrected chi connectivity index (χ0v) is 9.72. The molecule has 0 amide bonds. The highest BCUT2D eigenvalue weighted by Crippen LogP contribution is 2.39. The van der Waals surface area contributed by atoms with Crippen molar-refractivity contribution in [1.29, 1.82) is 0 Å². The molecule has 1 atom stereocenters. The number of halogens is 5. The number of ketones is 1. The smallest absolute Gasteiger partial charge is 0.461 e. The Labute approximate surface area is 105 Å². The van der Waals surface area contributed by atoms with Crippen molar-refractivity contribution < 1.29 is 31.5 Å². The van der Waals surface area contributed by atoms with Crippen molar-refractivity contribution in [1.82, 2.24) is 0 Å². The molecule has 1 heterocycles. The van der Waals surface area contributed by atoms with Crippen LogP contribution in [0.4, 0.5) is 22.0 Å². The second-order valence-corrected chi connectivity index (χ2v) is 4.36. The monoisotopic (exact) mass is 280 g/mol. The molecule has 19 heavy (non-hydrogen) atoms. The molecule has 0 radical (unpaired) electrons. The molecule has 1 aliphatic heterocycles.